The van der Waals surface area contributed by atoms with Gasteiger partial charge in [0.25, 0.3) is 0 Å². The normalized spacial score (nSPS) is 14.8. The Hall–Kier alpha value is -1.61. The highest BCUT2D eigenvalue weighted by atomic mass is 15.0. The molecule has 0 amide bonds. The Morgan fingerprint density at radius 3 is 2.89 bits per heavy atom. The van der Waals surface area contributed by atoms with Gasteiger partial charge in [-0.05, 0) is 29.9 Å². The van der Waals surface area contributed by atoms with Crippen molar-refractivity contribution in [2.45, 2.75) is 31.7 Å². The molecule has 0 radical (unpaired) electrons. The van der Waals surface area contributed by atoms with Gasteiger partial charge in [0.15, 0.2) is 0 Å². The van der Waals surface area contributed by atoms with Crippen molar-refractivity contribution in [3.63, 3.8) is 0 Å². The second kappa shape index (κ2) is 5.57. The zero-order chi connectivity index (χ0) is 13.1. The van der Waals surface area contributed by atoms with Gasteiger partial charge in [-0.15, -0.1) is 0 Å². The van der Waals surface area contributed by atoms with Crippen LogP contribution in [0.1, 0.15) is 35.7 Å². The zero-order valence-corrected chi connectivity index (χ0v) is 11.5. The minimum absolute atomic E-state index is 0.826. The molecule has 100 valence electrons. The number of rotatable bonds is 6. The number of nitrogens with zero attached hydrogens (tertiary/aromatic N) is 2. The molecule has 0 unspecified atom stereocenters. The summed E-state index contributed by atoms with van der Waals surface area (Å²) in [6, 6.07) is 8.83. The van der Waals surface area contributed by atoms with Gasteiger partial charge in [0.1, 0.15) is 5.82 Å². The summed E-state index contributed by atoms with van der Waals surface area (Å²) < 4.78 is 2.08. The molecule has 1 saturated carbocycles. The van der Waals surface area contributed by atoms with E-state index in [4.69, 9.17) is 0 Å². The first kappa shape index (κ1) is 12.4. The molecule has 1 N–H and O–H groups in total. The lowest BCUT2D eigenvalue weighted by Crippen LogP contribution is -2.18. The fourth-order valence-corrected chi connectivity index (χ4v) is 2.55. The Morgan fingerprint density at radius 1 is 1.32 bits per heavy atom. The van der Waals surface area contributed by atoms with Crippen molar-refractivity contribution in [1.82, 2.24) is 14.9 Å². The summed E-state index contributed by atoms with van der Waals surface area (Å²) in [6.07, 6.45) is 7.57. The molecule has 1 aliphatic carbocycles. The van der Waals surface area contributed by atoms with Crippen LogP contribution < -0.4 is 5.32 Å². The SMILES string of the molecule is Cn1ccnc1CCNCc1ccccc1C1CC1. The third-order valence-corrected chi connectivity index (χ3v) is 3.83. The molecule has 19 heavy (non-hydrogen) atoms. The van der Waals surface area contributed by atoms with Crippen molar-refractivity contribution in [3.8, 4) is 0 Å². The van der Waals surface area contributed by atoms with Gasteiger partial charge in [-0.2, -0.15) is 0 Å². The summed E-state index contributed by atoms with van der Waals surface area (Å²) in [5.74, 6) is 1.97. The van der Waals surface area contributed by atoms with Gasteiger partial charge in [-0.25, -0.2) is 4.98 Å². The molecule has 1 aromatic heterocycles. The Bertz CT molecular complexity index is 540. The number of aryl methyl sites for hydroxylation is 1. The van der Waals surface area contributed by atoms with Gasteiger partial charge in [0.2, 0.25) is 0 Å². The molecule has 0 atom stereocenters. The van der Waals surface area contributed by atoms with Gasteiger partial charge >= 0.3 is 0 Å². The van der Waals surface area contributed by atoms with Crippen LogP contribution in [-0.2, 0) is 20.0 Å². The van der Waals surface area contributed by atoms with Crippen LogP contribution in [0.15, 0.2) is 36.7 Å². The number of imidazole rings is 1. The number of hydrogen-bond donors (Lipinski definition) is 1. The number of hydrogen-bond acceptors (Lipinski definition) is 2. The summed E-state index contributed by atoms with van der Waals surface area (Å²) in [5.41, 5.74) is 3.01. The second-order valence-corrected chi connectivity index (χ2v) is 5.35. The van der Waals surface area contributed by atoms with Crippen LogP contribution in [0.2, 0.25) is 0 Å². The first-order chi connectivity index (χ1) is 9.34. The third-order valence-electron chi connectivity index (χ3n) is 3.83. The van der Waals surface area contributed by atoms with Crippen molar-refractivity contribution in [1.29, 1.82) is 0 Å². The van der Waals surface area contributed by atoms with Crippen molar-refractivity contribution in [3.05, 3.63) is 53.6 Å². The molecule has 3 nitrogen and oxygen atoms in total. The Labute approximate surface area is 114 Å². The molecule has 1 fully saturated rings. The predicted octanol–water partition coefficient (Wildman–Crippen LogP) is 2.63. The molecule has 0 bridgehead atoms. The lowest BCUT2D eigenvalue weighted by Gasteiger charge is -2.10. The van der Waals surface area contributed by atoms with Crippen molar-refractivity contribution >= 4 is 0 Å². The average Bonchev–Trinajstić information content (AvgIpc) is 3.19. The maximum atomic E-state index is 4.34. The van der Waals surface area contributed by atoms with Gasteiger partial charge < -0.3 is 9.88 Å². The number of aromatic nitrogens is 2. The van der Waals surface area contributed by atoms with Crippen LogP contribution in [-0.4, -0.2) is 16.1 Å². The highest BCUT2D eigenvalue weighted by molar-refractivity contribution is 5.33. The molecule has 3 rings (SSSR count). The lowest BCUT2D eigenvalue weighted by molar-refractivity contribution is 0.652. The van der Waals surface area contributed by atoms with Crippen LogP contribution in [0.25, 0.3) is 0 Å². The molecular formula is C16H21N3. The summed E-state index contributed by atoms with van der Waals surface area (Å²) in [7, 11) is 2.05. The van der Waals surface area contributed by atoms with E-state index >= 15 is 0 Å². The largest absolute Gasteiger partial charge is 0.338 e. The summed E-state index contributed by atoms with van der Waals surface area (Å²) in [5, 5.41) is 3.54. The molecule has 0 saturated heterocycles. The number of benzene rings is 1. The monoisotopic (exact) mass is 255 g/mol. The molecule has 2 aromatic rings. The fraction of sp³-hybridized carbons (Fsp3) is 0.438. The minimum atomic E-state index is 0.826. The quantitative estimate of drug-likeness (QED) is 0.804. The van der Waals surface area contributed by atoms with Gasteiger partial charge in [-0.3, -0.25) is 0 Å². The molecule has 1 aromatic carbocycles. The van der Waals surface area contributed by atoms with E-state index in [9.17, 15) is 0 Å². The topological polar surface area (TPSA) is 29.9 Å². The van der Waals surface area contributed by atoms with Gasteiger partial charge in [0.05, 0.1) is 0 Å². The Morgan fingerprint density at radius 2 is 2.16 bits per heavy atom. The lowest BCUT2D eigenvalue weighted by atomic mass is 10.0. The maximum absolute atomic E-state index is 4.34. The van der Waals surface area contributed by atoms with E-state index in [2.05, 4.69) is 39.1 Å². The molecule has 0 spiro atoms. The van der Waals surface area contributed by atoms with Crippen LogP contribution in [0, 0.1) is 0 Å². The maximum Gasteiger partial charge on any atom is 0.109 e. The van der Waals surface area contributed by atoms with Gasteiger partial charge in [-0.1, -0.05) is 24.3 Å². The van der Waals surface area contributed by atoms with E-state index in [1.807, 2.05) is 19.4 Å². The Kier molecular flexibility index (Phi) is 3.65. The fourth-order valence-electron chi connectivity index (χ4n) is 2.55. The van der Waals surface area contributed by atoms with Crippen molar-refractivity contribution in [2.75, 3.05) is 6.54 Å². The summed E-state index contributed by atoms with van der Waals surface area (Å²) >= 11 is 0. The van der Waals surface area contributed by atoms with E-state index in [0.29, 0.717) is 0 Å². The van der Waals surface area contributed by atoms with Crippen LogP contribution in [0.5, 0.6) is 0 Å². The highest BCUT2D eigenvalue weighted by Gasteiger charge is 2.25. The van der Waals surface area contributed by atoms with Crippen LogP contribution >= 0.6 is 0 Å². The van der Waals surface area contributed by atoms with E-state index in [1.165, 1.54) is 18.4 Å². The second-order valence-electron chi connectivity index (χ2n) is 5.35. The summed E-state index contributed by atoms with van der Waals surface area (Å²) in [6.45, 7) is 1.95. The van der Waals surface area contributed by atoms with E-state index < -0.39 is 0 Å². The summed E-state index contributed by atoms with van der Waals surface area (Å²) in [4.78, 5) is 4.34. The Balaban J connectivity index is 1.51. The van der Waals surface area contributed by atoms with Crippen LogP contribution in [0.3, 0.4) is 0 Å². The molecule has 3 heteroatoms. The molecule has 0 aliphatic heterocycles. The van der Waals surface area contributed by atoms with E-state index in [-0.39, 0.29) is 0 Å². The van der Waals surface area contributed by atoms with E-state index in [1.54, 1.807) is 5.56 Å². The number of nitrogens with one attached hydrogen (secondary N) is 1. The highest BCUT2D eigenvalue weighted by Crippen LogP contribution is 2.41. The van der Waals surface area contributed by atoms with Gasteiger partial charge in [0, 0.05) is 39.0 Å². The zero-order valence-electron chi connectivity index (χ0n) is 11.5. The van der Waals surface area contributed by atoms with Crippen molar-refractivity contribution < 1.29 is 0 Å². The smallest absolute Gasteiger partial charge is 0.109 e. The average molecular weight is 255 g/mol. The minimum Gasteiger partial charge on any atom is -0.338 e. The standard InChI is InChI=1S/C16H21N3/c1-19-11-10-18-16(19)8-9-17-12-14-4-2-3-5-15(14)13-6-7-13/h2-5,10-11,13,17H,6-9,12H2,1H3. The van der Waals surface area contributed by atoms with Crippen LogP contribution in [0.4, 0.5) is 0 Å². The first-order valence-corrected chi connectivity index (χ1v) is 7.09. The molecular weight excluding hydrogens is 234 g/mol. The van der Waals surface area contributed by atoms with Crippen molar-refractivity contribution in [2.24, 2.45) is 7.05 Å². The first-order valence-electron chi connectivity index (χ1n) is 7.09. The predicted molar refractivity (Wildman–Crippen MR) is 77.0 cm³/mol. The van der Waals surface area contributed by atoms with E-state index in [0.717, 1.165) is 31.3 Å². The molecule has 1 aliphatic rings. The molecule has 1 heterocycles. The third kappa shape index (κ3) is 3.04.